The summed E-state index contributed by atoms with van der Waals surface area (Å²) in [4.78, 5) is 32.6. The molecule has 3 heterocycles. The molecule has 0 unspecified atom stereocenters. The number of benzene rings is 2. The number of fused-ring (bicyclic) bond motifs is 3. The fourth-order valence-electron chi connectivity index (χ4n) is 4.65. The number of aromatic amines is 1. The summed E-state index contributed by atoms with van der Waals surface area (Å²) in [6.45, 7) is 4.31. The highest BCUT2D eigenvalue weighted by Gasteiger charge is 2.20. The number of para-hydroxylation sites is 2. The average molecular weight is 448 g/mol. The molecule has 170 valence electrons. The Morgan fingerprint density at radius 2 is 1.76 bits per heavy atom. The van der Waals surface area contributed by atoms with Gasteiger partial charge >= 0.3 is 0 Å². The molecule has 2 N–H and O–H groups in total. The van der Waals surface area contributed by atoms with Crippen LogP contribution in [0.2, 0.25) is 0 Å². The lowest BCUT2D eigenvalue weighted by molar-refractivity contribution is 0.0940. The van der Waals surface area contributed by atoms with Crippen LogP contribution >= 0.6 is 0 Å². The van der Waals surface area contributed by atoms with E-state index in [9.17, 15) is 14.0 Å². The number of hydrogen-bond donors (Lipinski definition) is 2. The third-order valence-corrected chi connectivity index (χ3v) is 6.42. The van der Waals surface area contributed by atoms with E-state index >= 15 is 0 Å². The molecule has 8 heteroatoms. The Morgan fingerprint density at radius 3 is 2.55 bits per heavy atom. The molecular weight excluding hydrogens is 421 g/mol. The molecule has 1 amide bonds. The Kier molecular flexibility index (Phi) is 5.60. The van der Waals surface area contributed by atoms with Gasteiger partial charge in [-0.3, -0.25) is 14.5 Å². The molecule has 7 nitrogen and oxygen atoms in total. The molecule has 2 aromatic heterocycles. The van der Waals surface area contributed by atoms with Gasteiger partial charge in [-0.1, -0.05) is 30.3 Å². The zero-order chi connectivity index (χ0) is 22.9. The summed E-state index contributed by atoms with van der Waals surface area (Å²) in [5.74, 6) is -0.401. The molecule has 1 aliphatic heterocycles. The molecule has 0 bridgehead atoms. The fraction of sp³-hybridized carbons (Fsp3) is 0.280. The van der Waals surface area contributed by atoms with E-state index in [4.69, 9.17) is 0 Å². The van der Waals surface area contributed by atoms with Crippen molar-refractivity contribution in [1.82, 2.24) is 19.8 Å². The number of nitrogens with zero attached hydrogens (tertiary/aromatic N) is 3. The first-order chi connectivity index (χ1) is 16.0. The highest BCUT2D eigenvalue weighted by atomic mass is 19.1. The first-order valence-corrected chi connectivity index (χ1v) is 11.1. The molecule has 33 heavy (non-hydrogen) atoms. The molecule has 1 fully saturated rings. The van der Waals surface area contributed by atoms with E-state index in [2.05, 4.69) is 20.1 Å². The van der Waals surface area contributed by atoms with Gasteiger partial charge in [0.25, 0.3) is 11.5 Å². The van der Waals surface area contributed by atoms with E-state index in [1.807, 2.05) is 43.4 Å². The molecule has 1 saturated heterocycles. The lowest BCUT2D eigenvalue weighted by Crippen LogP contribution is -2.48. The lowest BCUT2D eigenvalue weighted by Gasteiger charge is -2.36. The Morgan fingerprint density at radius 1 is 1.03 bits per heavy atom. The van der Waals surface area contributed by atoms with Crippen molar-refractivity contribution in [3.05, 3.63) is 76.5 Å². The van der Waals surface area contributed by atoms with E-state index in [1.165, 1.54) is 6.07 Å². The summed E-state index contributed by atoms with van der Waals surface area (Å²) in [5, 5.41) is 4.39. The first kappa shape index (κ1) is 21.2. The molecule has 0 spiro atoms. The molecule has 0 saturated carbocycles. The van der Waals surface area contributed by atoms with E-state index < -0.39 is 0 Å². The number of piperazine rings is 1. The monoisotopic (exact) mass is 447 g/mol. The number of aromatic nitrogens is 2. The van der Waals surface area contributed by atoms with Crippen LogP contribution in [0.1, 0.15) is 10.5 Å². The van der Waals surface area contributed by atoms with Gasteiger partial charge in [0.15, 0.2) is 0 Å². The highest BCUT2D eigenvalue weighted by Crippen LogP contribution is 2.24. The van der Waals surface area contributed by atoms with E-state index in [0.717, 1.165) is 42.6 Å². The molecule has 0 aliphatic carbocycles. The number of aryl methyl sites for hydroxylation is 1. The number of pyridine rings is 1. The minimum atomic E-state index is -0.206. The molecule has 0 atom stereocenters. The van der Waals surface area contributed by atoms with Crippen molar-refractivity contribution in [2.24, 2.45) is 7.05 Å². The molecule has 2 aromatic carbocycles. The van der Waals surface area contributed by atoms with Gasteiger partial charge in [-0.2, -0.15) is 0 Å². The van der Waals surface area contributed by atoms with E-state index in [1.54, 1.807) is 16.7 Å². The quantitative estimate of drug-likeness (QED) is 0.494. The number of hydrogen-bond acceptors (Lipinski definition) is 4. The van der Waals surface area contributed by atoms with Crippen LogP contribution in [0.3, 0.4) is 0 Å². The summed E-state index contributed by atoms with van der Waals surface area (Å²) in [6, 6.07) is 16.1. The smallest absolute Gasteiger partial charge is 0.267 e. The maximum Gasteiger partial charge on any atom is 0.267 e. The zero-order valence-electron chi connectivity index (χ0n) is 18.5. The summed E-state index contributed by atoms with van der Waals surface area (Å²) in [7, 11) is 1.81. The standard InChI is InChI=1S/C25H26FN5O2/c1-29-22(16-18-23(29)17-6-2-4-8-20(17)28-24(18)32)25(33)27-10-11-30-12-14-31(15-13-30)21-9-5-3-7-19(21)26/h2-9,16H,10-15H2,1H3,(H,27,33)(H,28,32). The second kappa shape index (κ2) is 8.71. The van der Waals surface area contributed by atoms with Crippen LogP contribution in [-0.4, -0.2) is 59.6 Å². The molecule has 4 aromatic rings. The molecule has 0 radical (unpaired) electrons. The number of H-pyrrole nitrogens is 1. The largest absolute Gasteiger partial charge is 0.367 e. The van der Waals surface area contributed by atoms with Crippen molar-refractivity contribution >= 4 is 33.4 Å². The Hall–Kier alpha value is -3.65. The van der Waals surface area contributed by atoms with Crippen LogP contribution in [0.15, 0.2) is 59.4 Å². The van der Waals surface area contributed by atoms with Crippen molar-refractivity contribution in [2.45, 2.75) is 0 Å². The lowest BCUT2D eigenvalue weighted by atomic mass is 10.1. The van der Waals surface area contributed by atoms with Crippen molar-refractivity contribution in [3.8, 4) is 0 Å². The topological polar surface area (TPSA) is 73.4 Å². The number of rotatable bonds is 5. The van der Waals surface area contributed by atoms with Gasteiger partial charge in [0, 0.05) is 51.7 Å². The van der Waals surface area contributed by atoms with Crippen molar-refractivity contribution in [2.75, 3.05) is 44.2 Å². The number of nitrogens with one attached hydrogen (secondary N) is 2. The Labute approximate surface area is 190 Å². The van der Waals surface area contributed by atoms with Gasteiger partial charge in [0.1, 0.15) is 11.5 Å². The first-order valence-electron chi connectivity index (χ1n) is 11.1. The van der Waals surface area contributed by atoms with E-state index in [-0.39, 0.29) is 17.3 Å². The fourth-order valence-corrected chi connectivity index (χ4v) is 4.65. The van der Waals surface area contributed by atoms with Crippen LogP contribution in [0.25, 0.3) is 21.8 Å². The summed E-state index contributed by atoms with van der Waals surface area (Å²) in [5.41, 5.74) is 2.40. The van der Waals surface area contributed by atoms with Gasteiger partial charge in [0.05, 0.1) is 22.1 Å². The van der Waals surface area contributed by atoms with E-state index in [0.29, 0.717) is 29.9 Å². The van der Waals surface area contributed by atoms with Gasteiger partial charge in [0.2, 0.25) is 0 Å². The SMILES string of the molecule is Cn1c(C(=O)NCCN2CCN(c3ccccc3F)CC2)cc2c(=O)[nH]c3ccccc3c21. The van der Waals surface area contributed by atoms with Crippen LogP contribution in [0.5, 0.6) is 0 Å². The number of carbonyl (C=O) groups is 1. The third kappa shape index (κ3) is 3.98. The van der Waals surface area contributed by atoms with Crippen LogP contribution in [0.4, 0.5) is 10.1 Å². The minimum absolute atomic E-state index is 0.195. The van der Waals surface area contributed by atoms with Gasteiger partial charge in [-0.05, 0) is 24.3 Å². The minimum Gasteiger partial charge on any atom is -0.367 e. The number of halogens is 1. The normalized spacial score (nSPS) is 14.8. The van der Waals surface area contributed by atoms with Crippen molar-refractivity contribution in [3.63, 3.8) is 0 Å². The predicted molar refractivity (Wildman–Crippen MR) is 128 cm³/mol. The maximum atomic E-state index is 14.0. The summed E-state index contributed by atoms with van der Waals surface area (Å²) >= 11 is 0. The second-order valence-electron chi connectivity index (χ2n) is 8.39. The van der Waals surface area contributed by atoms with Crippen LogP contribution in [0, 0.1) is 5.82 Å². The third-order valence-electron chi connectivity index (χ3n) is 6.42. The van der Waals surface area contributed by atoms with Crippen LogP contribution < -0.4 is 15.8 Å². The number of anilines is 1. The van der Waals surface area contributed by atoms with Crippen molar-refractivity contribution < 1.29 is 9.18 Å². The molecular formula is C25H26FN5O2. The number of carbonyl (C=O) groups excluding carboxylic acids is 1. The average Bonchev–Trinajstić information content (AvgIpc) is 3.18. The predicted octanol–water partition coefficient (Wildman–Crippen LogP) is 2.71. The van der Waals surface area contributed by atoms with Gasteiger partial charge in [-0.25, -0.2) is 4.39 Å². The molecule has 5 rings (SSSR count). The molecule has 1 aliphatic rings. The zero-order valence-corrected chi connectivity index (χ0v) is 18.5. The van der Waals surface area contributed by atoms with Gasteiger partial charge in [-0.15, -0.1) is 0 Å². The Bertz CT molecular complexity index is 1380. The summed E-state index contributed by atoms with van der Waals surface area (Å²) in [6.07, 6.45) is 0. The van der Waals surface area contributed by atoms with Crippen molar-refractivity contribution in [1.29, 1.82) is 0 Å². The maximum absolute atomic E-state index is 14.0. The second-order valence-corrected chi connectivity index (χ2v) is 8.39. The Balaban J connectivity index is 1.22. The van der Waals surface area contributed by atoms with Crippen LogP contribution in [-0.2, 0) is 7.05 Å². The number of amides is 1. The highest BCUT2D eigenvalue weighted by molar-refractivity contribution is 6.07. The summed E-state index contributed by atoms with van der Waals surface area (Å²) < 4.78 is 15.8. The van der Waals surface area contributed by atoms with Gasteiger partial charge < -0.3 is 19.8 Å².